The van der Waals surface area contributed by atoms with Gasteiger partial charge in [-0.25, -0.2) is 4.79 Å². The zero-order valence-corrected chi connectivity index (χ0v) is 14.2. The summed E-state index contributed by atoms with van der Waals surface area (Å²) in [6, 6.07) is 13.6. The van der Waals surface area contributed by atoms with Crippen LogP contribution in [0.5, 0.6) is 5.75 Å². The Labute approximate surface area is 146 Å². The van der Waals surface area contributed by atoms with Gasteiger partial charge in [0.2, 0.25) is 0 Å². The Bertz CT molecular complexity index is 710. The standard InChI is InChI=1S/C19H21NO5/c1-13(18(22)20-11-12-24-2)25-19(23)16-5-3-14(4-6-16)15-7-9-17(21)10-8-15/h3-10,13,21H,11-12H2,1-2H3,(H,20,22)/t13-/m0/s1. The van der Waals surface area contributed by atoms with E-state index in [0.717, 1.165) is 11.1 Å². The highest BCUT2D eigenvalue weighted by molar-refractivity contribution is 5.92. The lowest BCUT2D eigenvalue weighted by Crippen LogP contribution is -2.37. The van der Waals surface area contributed by atoms with Gasteiger partial charge in [0.05, 0.1) is 12.2 Å². The van der Waals surface area contributed by atoms with Gasteiger partial charge in [0.15, 0.2) is 6.10 Å². The van der Waals surface area contributed by atoms with Gasteiger partial charge >= 0.3 is 5.97 Å². The van der Waals surface area contributed by atoms with Crippen LogP contribution in [0, 0.1) is 0 Å². The number of carbonyl (C=O) groups excluding carboxylic acids is 2. The van der Waals surface area contributed by atoms with E-state index in [9.17, 15) is 14.7 Å². The van der Waals surface area contributed by atoms with E-state index >= 15 is 0 Å². The van der Waals surface area contributed by atoms with Crippen molar-refractivity contribution in [3.63, 3.8) is 0 Å². The van der Waals surface area contributed by atoms with E-state index in [2.05, 4.69) is 5.32 Å². The first-order valence-corrected chi connectivity index (χ1v) is 7.88. The van der Waals surface area contributed by atoms with Gasteiger partial charge < -0.3 is 19.9 Å². The van der Waals surface area contributed by atoms with E-state index in [-0.39, 0.29) is 11.7 Å². The molecule has 0 aliphatic heterocycles. The number of hydrogen-bond acceptors (Lipinski definition) is 5. The summed E-state index contributed by atoms with van der Waals surface area (Å²) in [7, 11) is 1.54. The lowest BCUT2D eigenvalue weighted by atomic mass is 10.0. The topological polar surface area (TPSA) is 84.9 Å². The Hall–Kier alpha value is -2.86. The normalized spacial score (nSPS) is 11.6. The number of ether oxygens (including phenoxy) is 2. The number of aromatic hydroxyl groups is 1. The number of benzene rings is 2. The van der Waals surface area contributed by atoms with Crippen LogP contribution in [0.4, 0.5) is 0 Å². The number of esters is 1. The molecule has 25 heavy (non-hydrogen) atoms. The van der Waals surface area contributed by atoms with Crippen molar-refractivity contribution in [3.8, 4) is 16.9 Å². The molecule has 0 bridgehead atoms. The summed E-state index contributed by atoms with van der Waals surface area (Å²) in [6.45, 7) is 2.27. The fourth-order valence-corrected chi connectivity index (χ4v) is 2.15. The largest absolute Gasteiger partial charge is 0.508 e. The Morgan fingerprint density at radius 3 is 2.16 bits per heavy atom. The number of phenolic OH excluding ortho intramolecular Hbond substituents is 1. The molecule has 132 valence electrons. The number of hydrogen-bond donors (Lipinski definition) is 2. The van der Waals surface area contributed by atoms with Gasteiger partial charge in [-0.1, -0.05) is 24.3 Å². The van der Waals surface area contributed by atoms with E-state index in [1.165, 1.54) is 14.0 Å². The number of amides is 1. The quantitative estimate of drug-likeness (QED) is 0.595. The van der Waals surface area contributed by atoms with Crippen LogP contribution in [-0.4, -0.2) is 43.3 Å². The average molecular weight is 343 g/mol. The van der Waals surface area contributed by atoms with Crippen molar-refractivity contribution in [2.75, 3.05) is 20.3 Å². The molecule has 6 nitrogen and oxygen atoms in total. The molecule has 1 atom stereocenters. The van der Waals surface area contributed by atoms with Crippen LogP contribution in [0.2, 0.25) is 0 Å². The molecule has 0 spiro atoms. The highest BCUT2D eigenvalue weighted by Gasteiger charge is 2.18. The Morgan fingerprint density at radius 2 is 1.60 bits per heavy atom. The predicted molar refractivity (Wildman–Crippen MR) is 93.3 cm³/mol. The van der Waals surface area contributed by atoms with Crippen LogP contribution >= 0.6 is 0 Å². The Morgan fingerprint density at radius 1 is 1.04 bits per heavy atom. The van der Waals surface area contributed by atoms with Gasteiger partial charge in [0.1, 0.15) is 5.75 Å². The van der Waals surface area contributed by atoms with Gasteiger partial charge in [0.25, 0.3) is 5.91 Å². The highest BCUT2D eigenvalue weighted by Crippen LogP contribution is 2.22. The van der Waals surface area contributed by atoms with Crippen LogP contribution in [0.15, 0.2) is 48.5 Å². The second-order valence-corrected chi connectivity index (χ2v) is 5.46. The van der Waals surface area contributed by atoms with Crippen LogP contribution < -0.4 is 5.32 Å². The molecular weight excluding hydrogens is 322 g/mol. The van der Waals surface area contributed by atoms with Crippen molar-refractivity contribution in [1.29, 1.82) is 0 Å². The first kappa shape index (κ1) is 18.5. The minimum absolute atomic E-state index is 0.196. The van der Waals surface area contributed by atoms with Crippen molar-refractivity contribution < 1.29 is 24.2 Å². The minimum atomic E-state index is -0.888. The molecule has 0 radical (unpaired) electrons. The third-order valence-corrected chi connectivity index (χ3v) is 3.58. The Balaban J connectivity index is 1.95. The molecule has 2 N–H and O–H groups in total. The molecule has 0 unspecified atom stereocenters. The Kier molecular flexibility index (Phi) is 6.54. The van der Waals surface area contributed by atoms with Crippen molar-refractivity contribution in [3.05, 3.63) is 54.1 Å². The zero-order valence-electron chi connectivity index (χ0n) is 14.2. The molecule has 0 aliphatic carbocycles. The first-order chi connectivity index (χ1) is 12.0. The van der Waals surface area contributed by atoms with Gasteiger partial charge in [-0.05, 0) is 42.3 Å². The molecule has 0 saturated heterocycles. The number of methoxy groups -OCH3 is 1. The van der Waals surface area contributed by atoms with Crippen LogP contribution in [-0.2, 0) is 14.3 Å². The van der Waals surface area contributed by atoms with Crippen molar-refractivity contribution in [1.82, 2.24) is 5.32 Å². The minimum Gasteiger partial charge on any atom is -0.508 e. The van der Waals surface area contributed by atoms with Gasteiger partial charge in [0, 0.05) is 13.7 Å². The molecule has 1 amide bonds. The monoisotopic (exact) mass is 343 g/mol. The number of carbonyl (C=O) groups is 2. The molecular formula is C19H21NO5. The molecule has 0 aliphatic rings. The van der Waals surface area contributed by atoms with Crippen LogP contribution in [0.1, 0.15) is 17.3 Å². The molecule has 2 aromatic rings. The SMILES string of the molecule is COCCNC(=O)[C@H](C)OC(=O)c1ccc(-c2ccc(O)cc2)cc1. The molecule has 0 fully saturated rings. The highest BCUT2D eigenvalue weighted by atomic mass is 16.5. The van der Waals surface area contributed by atoms with Crippen molar-refractivity contribution in [2.45, 2.75) is 13.0 Å². The van der Waals surface area contributed by atoms with E-state index in [4.69, 9.17) is 9.47 Å². The van der Waals surface area contributed by atoms with Crippen molar-refractivity contribution >= 4 is 11.9 Å². The second-order valence-electron chi connectivity index (χ2n) is 5.46. The molecule has 2 rings (SSSR count). The van der Waals surface area contributed by atoms with Gasteiger partial charge in [-0.3, -0.25) is 4.79 Å². The maximum absolute atomic E-state index is 12.1. The lowest BCUT2D eigenvalue weighted by Gasteiger charge is -2.13. The lowest BCUT2D eigenvalue weighted by molar-refractivity contribution is -0.129. The van der Waals surface area contributed by atoms with Crippen LogP contribution in [0.25, 0.3) is 11.1 Å². The fourth-order valence-electron chi connectivity index (χ4n) is 2.15. The van der Waals surface area contributed by atoms with Gasteiger partial charge in [-0.15, -0.1) is 0 Å². The fraction of sp³-hybridized carbons (Fsp3) is 0.263. The molecule has 0 aromatic heterocycles. The van der Waals surface area contributed by atoms with Crippen LogP contribution in [0.3, 0.4) is 0 Å². The molecule has 6 heteroatoms. The first-order valence-electron chi connectivity index (χ1n) is 7.88. The van der Waals surface area contributed by atoms with E-state index < -0.39 is 12.1 Å². The van der Waals surface area contributed by atoms with E-state index in [1.807, 2.05) is 0 Å². The third-order valence-electron chi connectivity index (χ3n) is 3.58. The summed E-state index contributed by atoms with van der Waals surface area (Å²) >= 11 is 0. The number of phenols is 1. The third kappa shape index (κ3) is 5.32. The summed E-state index contributed by atoms with van der Waals surface area (Å²) in [6.07, 6.45) is -0.888. The number of nitrogens with one attached hydrogen (secondary N) is 1. The van der Waals surface area contributed by atoms with E-state index in [1.54, 1.807) is 48.5 Å². The maximum Gasteiger partial charge on any atom is 0.338 e. The smallest absolute Gasteiger partial charge is 0.338 e. The summed E-state index contributed by atoms with van der Waals surface area (Å²) in [5.74, 6) is -0.737. The van der Waals surface area contributed by atoms with Crippen molar-refractivity contribution in [2.24, 2.45) is 0 Å². The predicted octanol–water partition coefficient (Wildman–Crippen LogP) is 2.37. The summed E-state index contributed by atoms with van der Waals surface area (Å²) in [5.41, 5.74) is 2.18. The average Bonchev–Trinajstić information content (AvgIpc) is 2.62. The molecule has 0 heterocycles. The summed E-state index contributed by atoms with van der Waals surface area (Å²) < 4.78 is 10.0. The summed E-state index contributed by atoms with van der Waals surface area (Å²) in [5, 5.41) is 11.9. The van der Waals surface area contributed by atoms with E-state index in [0.29, 0.717) is 18.7 Å². The zero-order chi connectivity index (χ0) is 18.2. The molecule has 0 saturated carbocycles. The maximum atomic E-state index is 12.1. The van der Waals surface area contributed by atoms with Gasteiger partial charge in [-0.2, -0.15) is 0 Å². The number of rotatable bonds is 7. The molecule has 2 aromatic carbocycles. The second kappa shape index (κ2) is 8.84. The summed E-state index contributed by atoms with van der Waals surface area (Å²) in [4.78, 5) is 23.9.